The summed E-state index contributed by atoms with van der Waals surface area (Å²) in [6.07, 6.45) is 3.75. The number of nitriles is 1. The van der Waals surface area contributed by atoms with Crippen molar-refractivity contribution < 1.29 is 24.5 Å². The molecule has 4 heterocycles. The first kappa shape index (κ1) is 45.2. The van der Waals surface area contributed by atoms with Crippen LogP contribution in [-0.4, -0.2) is 14.5 Å². The molecule has 5 nitrogen and oxygen atoms in total. The predicted octanol–water partition coefficient (Wildman–Crippen LogP) is 15.2. The molecular formula is C57H56IrN4O-2. The van der Waals surface area contributed by atoms with Crippen molar-refractivity contribution in [1.29, 1.82) is 5.26 Å². The summed E-state index contributed by atoms with van der Waals surface area (Å²) < 4.78 is 9.26. The van der Waals surface area contributed by atoms with Crippen molar-refractivity contribution in [2.45, 2.75) is 105 Å². The Bertz CT molecular complexity index is 3140. The third-order valence-electron chi connectivity index (χ3n) is 11.9. The van der Waals surface area contributed by atoms with Gasteiger partial charge in [-0.1, -0.05) is 143 Å². The van der Waals surface area contributed by atoms with E-state index >= 15 is 0 Å². The van der Waals surface area contributed by atoms with Crippen LogP contribution in [0, 0.1) is 23.5 Å². The molecule has 9 aromatic rings. The maximum Gasteiger partial charge on any atom is 0.146 e. The van der Waals surface area contributed by atoms with Crippen molar-refractivity contribution in [1.82, 2.24) is 14.5 Å². The van der Waals surface area contributed by atoms with Crippen LogP contribution < -0.4 is 0 Å². The molecule has 0 N–H and O–H groups in total. The molecule has 63 heavy (non-hydrogen) atoms. The van der Waals surface area contributed by atoms with Crippen LogP contribution in [0.2, 0.25) is 0 Å². The number of benzene rings is 5. The van der Waals surface area contributed by atoms with Gasteiger partial charge in [0.25, 0.3) is 0 Å². The van der Waals surface area contributed by atoms with E-state index in [0.717, 1.165) is 71.9 Å². The third kappa shape index (κ3) is 8.62. The van der Waals surface area contributed by atoms with Crippen molar-refractivity contribution >= 4 is 43.7 Å². The molecule has 0 saturated heterocycles. The topological polar surface area (TPSA) is 67.6 Å². The van der Waals surface area contributed by atoms with E-state index < -0.39 is 0 Å². The first-order valence-corrected chi connectivity index (χ1v) is 21.5. The summed E-state index contributed by atoms with van der Waals surface area (Å²) in [5.74, 6) is 0. The van der Waals surface area contributed by atoms with Crippen LogP contribution >= 0.6 is 0 Å². The van der Waals surface area contributed by atoms with Gasteiger partial charge in [0.1, 0.15) is 17.3 Å². The Morgan fingerprint density at radius 1 is 0.587 bits per heavy atom. The summed E-state index contributed by atoms with van der Waals surface area (Å²) in [6, 6.07) is 46.9. The van der Waals surface area contributed by atoms with Gasteiger partial charge < -0.3 is 19.0 Å². The monoisotopic (exact) mass is 1010 g/mol. The Morgan fingerprint density at radius 2 is 1.25 bits per heavy atom. The molecule has 0 aliphatic carbocycles. The van der Waals surface area contributed by atoms with Gasteiger partial charge in [-0.25, -0.2) is 0 Å². The summed E-state index contributed by atoms with van der Waals surface area (Å²) in [5, 5.41) is 15.0. The molecule has 0 bridgehead atoms. The van der Waals surface area contributed by atoms with Gasteiger partial charge in [0.05, 0.1) is 22.2 Å². The molecule has 4 aromatic heterocycles. The van der Waals surface area contributed by atoms with E-state index in [2.05, 4.69) is 170 Å². The quantitative estimate of drug-likeness (QED) is 0.165. The van der Waals surface area contributed by atoms with Crippen LogP contribution in [0.25, 0.3) is 71.9 Å². The van der Waals surface area contributed by atoms with Gasteiger partial charge in [-0.3, -0.25) is 0 Å². The van der Waals surface area contributed by atoms with Gasteiger partial charge in [0.2, 0.25) is 0 Å². The molecule has 6 heteroatoms. The fourth-order valence-corrected chi connectivity index (χ4v) is 8.22. The van der Waals surface area contributed by atoms with Crippen molar-refractivity contribution in [3.63, 3.8) is 0 Å². The molecular weight excluding hydrogens is 949 g/mol. The molecule has 0 atom stereocenters. The summed E-state index contributed by atoms with van der Waals surface area (Å²) in [7, 11) is 0. The van der Waals surface area contributed by atoms with Crippen LogP contribution in [0.15, 0.2) is 126 Å². The first-order valence-electron chi connectivity index (χ1n) is 21.5. The number of rotatable bonds is 3. The second kappa shape index (κ2) is 16.7. The summed E-state index contributed by atoms with van der Waals surface area (Å²) >= 11 is 0. The van der Waals surface area contributed by atoms with Gasteiger partial charge in [0, 0.05) is 48.7 Å². The molecule has 0 aliphatic heterocycles. The van der Waals surface area contributed by atoms with Crippen molar-refractivity contribution in [3.8, 4) is 34.3 Å². The SMILES string of the molecule is CC(C)(C)c1ccc(-c2[c-]cccc2)nc1.CC(C)(C)c1ccc2c(c1)c1ccc(C(C)(C)C)cc1n2-c1c(C#N)ccc2c1oc1c(-c3ccccn3)[c-]cc(C(C)(C)C)c12.[Ir]. The van der Waals surface area contributed by atoms with E-state index in [1.807, 2.05) is 60.8 Å². The van der Waals surface area contributed by atoms with Crippen molar-refractivity contribution in [3.05, 3.63) is 162 Å². The van der Waals surface area contributed by atoms with Gasteiger partial charge in [-0.15, -0.1) is 53.6 Å². The minimum atomic E-state index is -0.167. The van der Waals surface area contributed by atoms with Gasteiger partial charge >= 0.3 is 0 Å². The fraction of sp³-hybridized carbons (Fsp3) is 0.281. The van der Waals surface area contributed by atoms with Crippen LogP contribution in [-0.2, 0) is 41.8 Å². The fourth-order valence-electron chi connectivity index (χ4n) is 8.22. The van der Waals surface area contributed by atoms with Crippen LogP contribution in [0.3, 0.4) is 0 Å². The maximum absolute atomic E-state index is 10.6. The average molecular weight is 1010 g/mol. The third-order valence-corrected chi connectivity index (χ3v) is 11.9. The second-order valence-corrected chi connectivity index (χ2v) is 20.6. The minimum Gasteiger partial charge on any atom is -0.498 e. The van der Waals surface area contributed by atoms with Crippen molar-refractivity contribution in [2.75, 3.05) is 0 Å². The molecule has 1 radical (unpaired) electrons. The van der Waals surface area contributed by atoms with E-state index in [1.54, 1.807) is 6.20 Å². The molecule has 0 spiro atoms. The molecule has 5 aromatic carbocycles. The molecule has 0 saturated carbocycles. The predicted molar refractivity (Wildman–Crippen MR) is 258 cm³/mol. The summed E-state index contributed by atoms with van der Waals surface area (Å²) in [6.45, 7) is 26.7. The van der Waals surface area contributed by atoms with Crippen molar-refractivity contribution in [2.24, 2.45) is 0 Å². The maximum atomic E-state index is 10.6. The number of hydrogen-bond donors (Lipinski definition) is 0. The Morgan fingerprint density at radius 3 is 1.86 bits per heavy atom. The van der Waals surface area contributed by atoms with Gasteiger partial charge in [-0.05, 0) is 80.1 Å². The van der Waals surface area contributed by atoms with E-state index in [9.17, 15) is 5.26 Å². The normalized spacial score (nSPS) is 12.3. The zero-order valence-electron chi connectivity index (χ0n) is 38.6. The standard InChI is InChI=1S/C42H40N3O.C15H16N.Ir/c1-40(2,3)26-15-20-34-31(22-26)28-17-14-27(41(4,5)6)23-35(28)45(34)37-25(24-43)13-16-30-36-32(42(7,8)9)19-18-29(38(36)46-39(30)37)33-12-10-11-21-44-33;1-15(2,3)13-9-10-14(16-11-13)12-7-5-4-6-8-12;/h10-17,19-23H,1-9H3;4-7,9-11H,1-3H3;/q2*-1;. The Kier molecular flexibility index (Phi) is 12.0. The molecule has 0 aliphatic rings. The molecule has 321 valence electrons. The Balaban J connectivity index is 0.000000295. The minimum absolute atomic E-state index is 0. The number of nitrogens with zero attached hydrogens (tertiary/aromatic N) is 4. The number of hydrogen-bond acceptors (Lipinski definition) is 4. The Labute approximate surface area is 386 Å². The van der Waals surface area contributed by atoms with Crippen LogP contribution in [0.4, 0.5) is 0 Å². The van der Waals surface area contributed by atoms with Gasteiger partial charge in [-0.2, -0.15) is 5.26 Å². The second-order valence-electron chi connectivity index (χ2n) is 20.6. The van der Waals surface area contributed by atoms with E-state index in [1.165, 1.54) is 16.7 Å². The van der Waals surface area contributed by atoms with E-state index in [4.69, 9.17) is 4.42 Å². The molecule has 0 fully saturated rings. The number of fused-ring (bicyclic) bond motifs is 6. The summed E-state index contributed by atoms with van der Waals surface area (Å²) in [4.78, 5) is 9.15. The zero-order valence-corrected chi connectivity index (χ0v) is 41.0. The molecule has 9 rings (SSSR count). The number of aromatic nitrogens is 3. The smallest absolute Gasteiger partial charge is 0.146 e. The van der Waals surface area contributed by atoms with Crippen LogP contribution in [0.1, 0.15) is 111 Å². The first-order chi connectivity index (χ1) is 29.3. The Hall–Kier alpha value is -5.86. The van der Waals surface area contributed by atoms with Gasteiger partial charge in [0.15, 0.2) is 0 Å². The molecule has 0 unspecified atom stereocenters. The van der Waals surface area contributed by atoms with E-state index in [0.29, 0.717) is 11.1 Å². The largest absolute Gasteiger partial charge is 0.498 e. The number of pyridine rings is 2. The number of furan rings is 1. The average Bonchev–Trinajstić information content (AvgIpc) is 3.78. The van der Waals surface area contributed by atoms with Crippen LogP contribution in [0.5, 0.6) is 0 Å². The molecule has 0 amide bonds. The van der Waals surface area contributed by atoms with E-state index in [-0.39, 0.29) is 41.8 Å². The summed E-state index contributed by atoms with van der Waals surface area (Å²) in [5.41, 5.74) is 13.3. The zero-order chi connectivity index (χ0) is 44.4.